The van der Waals surface area contributed by atoms with Crippen LogP contribution in [0.2, 0.25) is 0 Å². The van der Waals surface area contributed by atoms with Crippen LogP contribution in [-0.2, 0) is 20.8 Å². The fourth-order valence-corrected chi connectivity index (χ4v) is 5.83. The molecule has 1 aromatic carbocycles. The van der Waals surface area contributed by atoms with Crippen LogP contribution < -0.4 is 10.6 Å². The molecule has 47 heavy (non-hydrogen) atoms. The van der Waals surface area contributed by atoms with Gasteiger partial charge in [-0.05, 0) is 31.4 Å². The van der Waals surface area contributed by atoms with Crippen molar-refractivity contribution in [2.45, 2.75) is 94.7 Å². The van der Waals surface area contributed by atoms with Gasteiger partial charge in [0.1, 0.15) is 12.1 Å². The molecule has 9 nitrogen and oxygen atoms in total. The fourth-order valence-electron chi connectivity index (χ4n) is 5.83. The Hall–Kier alpha value is -3.58. The van der Waals surface area contributed by atoms with Crippen LogP contribution in [0.5, 0.6) is 0 Å². The number of carbonyl (C=O) groups excluding carboxylic acids is 3. The summed E-state index contributed by atoms with van der Waals surface area (Å²) in [5.41, 5.74) is 0.768. The van der Waals surface area contributed by atoms with Crippen LogP contribution in [0.15, 0.2) is 30.3 Å². The zero-order valence-electron chi connectivity index (χ0n) is 27.3. The molecule has 12 heteroatoms. The molecule has 4 N–H and O–H groups in total. The smallest absolute Gasteiger partial charge is 0.389 e. The van der Waals surface area contributed by atoms with Gasteiger partial charge >= 0.3 is 6.18 Å². The highest BCUT2D eigenvalue weighted by molar-refractivity contribution is 5.91. The lowest BCUT2D eigenvalue weighted by Gasteiger charge is -2.33. The Kier molecular flexibility index (Phi) is 16.8. The zero-order chi connectivity index (χ0) is 35.0. The molecule has 1 saturated carbocycles. The van der Waals surface area contributed by atoms with E-state index in [0.717, 1.165) is 42.6 Å². The van der Waals surface area contributed by atoms with Gasteiger partial charge in [0.2, 0.25) is 17.7 Å². The van der Waals surface area contributed by atoms with Gasteiger partial charge in [0.25, 0.3) is 0 Å². The highest BCUT2D eigenvalue weighted by Crippen LogP contribution is 2.29. The average Bonchev–Trinajstić information content (AvgIpc) is 3.02. The number of benzene rings is 1. The number of hydrogen-bond acceptors (Lipinski definition) is 6. The number of aliphatic hydroxyl groups excluding tert-OH is 2. The molecule has 0 saturated heterocycles. The van der Waals surface area contributed by atoms with Gasteiger partial charge in [0, 0.05) is 39.4 Å². The minimum Gasteiger partial charge on any atom is -0.389 e. The van der Waals surface area contributed by atoms with Crippen molar-refractivity contribution in [1.82, 2.24) is 20.4 Å². The first-order valence-electron chi connectivity index (χ1n) is 16.1. The number of hydrogen-bond donors (Lipinski definition) is 4. The van der Waals surface area contributed by atoms with Crippen molar-refractivity contribution in [3.63, 3.8) is 0 Å². The third-order valence-electron chi connectivity index (χ3n) is 8.54. The van der Waals surface area contributed by atoms with E-state index >= 15 is 0 Å². The lowest BCUT2D eigenvalue weighted by molar-refractivity contribution is -0.144. The van der Waals surface area contributed by atoms with Gasteiger partial charge in [-0.1, -0.05) is 62.4 Å². The first kappa shape index (κ1) is 39.6. The molecular weight excluding hydrogens is 613 g/mol. The summed E-state index contributed by atoms with van der Waals surface area (Å²) in [4.78, 5) is 42.7. The van der Waals surface area contributed by atoms with E-state index in [9.17, 15) is 37.8 Å². The van der Waals surface area contributed by atoms with Crippen LogP contribution in [0.3, 0.4) is 0 Å². The molecule has 0 spiro atoms. The molecule has 5 atom stereocenters. The number of likely N-dealkylation sites (N-methyl/N-ethyl adjacent to an activating group) is 2. The Morgan fingerprint density at radius 3 is 2.19 bits per heavy atom. The van der Waals surface area contributed by atoms with E-state index in [0.29, 0.717) is 6.42 Å². The van der Waals surface area contributed by atoms with E-state index in [4.69, 9.17) is 12.8 Å². The summed E-state index contributed by atoms with van der Waals surface area (Å²) < 4.78 is 38.1. The molecule has 3 amide bonds. The van der Waals surface area contributed by atoms with Crippen LogP contribution >= 0.6 is 0 Å². The summed E-state index contributed by atoms with van der Waals surface area (Å²) in [6, 6.07) is 6.94. The number of amides is 3. The predicted molar refractivity (Wildman–Crippen MR) is 173 cm³/mol. The maximum absolute atomic E-state index is 13.7. The number of nitrogens with one attached hydrogen (secondary N) is 2. The van der Waals surface area contributed by atoms with E-state index in [2.05, 4.69) is 22.5 Å². The third kappa shape index (κ3) is 14.8. The summed E-state index contributed by atoms with van der Waals surface area (Å²) in [7, 11) is 2.77. The van der Waals surface area contributed by atoms with Gasteiger partial charge in [-0.2, -0.15) is 13.2 Å². The molecule has 0 unspecified atom stereocenters. The minimum atomic E-state index is -4.37. The highest BCUT2D eigenvalue weighted by Gasteiger charge is 2.34. The maximum atomic E-state index is 13.7. The third-order valence-corrected chi connectivity index (χ3v) is 8.54. The van der Waals surface area contributed by atoms with E-state index in [-0.39, 0.29) is 44.7 Å². The van der Waals surface area contributed by atoms with Gasteiger partial charge in [-0.3, -0.25) is 19.3 Å². The first-order valence-corrected chi connectivity index (χ1v) is 16.1. The average molecular weight is 663 g/mol. The van der Waals surface area contributed by atoms with Gasteiger partial charge in [0.05, 0.1) is 24.6 Å². The van der Waals surface area contributed by atoms with Crippen LogP contribution in [0.4, 0.5) is 13.2 Å². The van der Waals surface area contributed by atoms with Gasteiger partial charge in [0.15, 0.2) is 0 Å². The van der Waals surface area contributed by atoms with Crippen LogP contribution in [-0.4, -0.2) is 102 Å². The molecule has 260 valence electrons. The van der Waals surface area contributed by atoms with Crippen LogP contribution in [0.25, 0.3) is 0 Å². The monoisotopic (exact) mass is 662 g/mol. The van der Waals surface area contributed by atoms with Crippen LogP contribution in [0.1, 0.15) is 63.4 Å². The molecule has 2 rings (SSSR count). The number of alkyl halides is 3. The summed E-state index contributed by atoms with van der Waals surface area (Å²) in [6.07, 6.45) is 9.00. The first-order chi connectivity index (χ1) is 22.2. The van der Waals surface area contributed by atoms with Crippen molar-refractivity contribution in [2.24, 2.45) is 11.8 Å². The minimum absolute atomic E-state index is 0.0173. The quantitative estimate of drug-likeness (QED) is 0.180. The Labute approximate surface area is 276 Å². The van der Waals surface area contributed by atoms with E-state index in [1.165, 1.54) is 19.0 Å². The lowest BCUT2D eigenvalue weighted by atomic mass is 9.82. The SMILES string of the molecule is C#CC[C@H](NC(=O)[C@@H](CC(=O)N(C)CCN(C)CC(F)(F)F)Cc1ccccc1)C(=O)N[C@@H](CC1CCCCC1)[C@@H](O)[C@@H](O)CC#C. The number of terminal acetylenes is 2. The van der Waals surface area contributed by atoms with Crippen LogP contribution in [0, 0.1) is 36.5 Å². The fraction of sp³-hybridized carbons (Fsp3) is 0.629. The molecule has 0 radical (unpaired) electrons. The number of rotatable bonds is 18. The second-order valence-electron chi connectivity index (χ2n) is 12.5. The van der Waals surface area contributed by atoms with Crippen molar-refractivity contribution in [2.75, 3.05) is 33.7 Å². The second kappa shape index (κ2) is 19.9. The van der Waals surface area contributed by atoms with E-state index in [1.54, 1.807) is 30.3 Å². The molecular formula is C35H49F3N4O5. The number of nitrogens with zero attached hydrogens (tertiary/aromatic N) is 2. The predicted octanol–water partition coefficient (Wildman–Crippen LogP) is 2.90. The molecule has 0 aliphatic heterocycles. The largest absolute Gasteiger partial charge is 0.401 e. The molecule has 0 heterocycles. The zero-order valence-corrected chi connectivity index (χ0v) is 27.3. The molecule has 1 aromatic rings. The Bertz CT molecular complexity index is 1210. The molecule has 0 bridgehead atoms. The summed E-state index contributed by atoms with van der Waals surface area (Å²) in [5.74, 6) is 2.34. The lowest BCUT2D eigenvalue weighted by Crippen LogP contribution is -2.55. The Morgan fingerprint density at radius 1 is 0.957 bits per heavy atom. The summed E-state index contributed by atoms with van der Waals surface area (Å²) in [5, 5.41) is 26.9. The van der Waals surface area contributed by atoms with Gasteiger partial charge in [-0.25, -0.2) is 0 Å². The Balaban J connectivity index is 2.19. The standard InChI is InChI=1S/C35H49F3N4O5/c1-5-13-28(34(47)40-29(32(45)30(43)14-6-2)22-26-17-11-8-12-18-26)39-33(46)27(21-25-15-9-7-10-16-25)23-31(44)42(4)20-19-41(3)24-35(36,37)38/h1-2,7,9-10,15-16,26-30,32,43,45H,8,11-14,17-24H2,3-4H3,(H,39,46)(H,40,47)/t27-,28+,29+,30+,32-/m1/s1. The Morgan fingerprint density at radius 2 is 1.60 bits per heavy atom. The number of carbonyl (C=O) groups is 3. The van der Waals surface area contributed by atoms with Crippen molar-refractivity contribution < 1.29 is 37.8 Å². The molecule has 1 fully saturated rings. The second-order valence-corrected chi connectivity index (χ2v) is 12.5. The van der Waals surface area contributed by atoms with E-state index in [1.807, 2.05) is 0 Å². The van der Waals surface area contributed by atoms with E-state index < -0.39 is 60.7 Å². The number of aliphatic hydroxyl groups is 2. The maximum Gasteiger partial charge on any atom is 0.401 e. The van der Waals surface area contributed by atoms with Crippen molar-refractivity contribution in [3.05, 3.63) is 35.9 Å². The summed E-state index contributed by atoms with van der Waals surface area (Å²) >= 11 is 0. The van der Waals surface area contributed by atoms with Crippen molar-refractivity contribution in [1.29, 1.82) is 0 Å². The molecule has 0 aromatic heterocycles. The normalized spacial score (nSPS) is 17.0. The highest BCUT2D eigenvalue weighted by atomic mass is 19.4. The topological polar surface area (TPSA) is 122 Å². The summed E-state index contributed by atoms with van der Waals surface area (Å²) in [6.45, 7) is -1.12. The van der Waals surface area contributed by atoms with Crippen molar-refractivity contribution >= 4 is 17.7 Å². The number of halogens is 3. The molecule has 1 aliphatic carbocycles. The molecule has 1 aliphatic rings. The van der Waals surface area contributed by atoms with Gasteiger partial charge in [-0.15, -0.1) is 24.7 Å². The van der Waals surface area contributed by atoms with Gasteiger partial charge < -0.3 is 25.7 Å². The van der Waals surface area contributed by atoms with Crippen molar-refractivity contribution in [3.8, 4) is 24.7 Å².